The van der Waals surface area contributed by atoms with Crippen LogP contribution in [0.4, 0.5) is 0 Å². The fourth-order valence-electron chi connectivity index (χ4n) is 4.21. The maximum absolute atomic E-state index is 11.9. The molecule has 122 valence electrons. The first kappa shape index (κ1) is 16.2. The standard InChI is InChI=1S/C21H27NO/c1-22(2)16-19-14-9-15-20(17-10-5-3-6-11-17)21(19,23)18-12-7-4-8-13-18/h3-8,10-13,19-20,23H,9,14-16H2,1-2H3. The van der Waals surface area contributed by atoms with Gasteiger partial charge in [0.2, 0.25) is 0 Å². The van der Waals surface area contributed by atoms with Gasteiger partial charge in [-0.3, -0.25) is 0 Å². The van der Waals surface area contributed by atoms with E-state index in [2.05, 4.69) is 55.4 Å². The third kappa shape index (κ3) is 3.19. The van der Waals surface area contributed by atoms with E-state index in [1.54, 1.807) is 0 Å². The maximum Gasteiger partial charge on any atom is 0.100 e. The molecule has 1 fully saturated rings. The minimum Gasteiger partial charge on any atom is -0.384 e. The summed E-state index contributed by atoms with van der Waals surface area (Å²) in [6, 6.07) is 20.8. The normalized spacial score (nSPS) is 28.0. The van der Waals surface area contributed by atoms with Crippen LogP contribution in [-0.2, 0) is 5.60 Å². The number of benzene rings is 2. The van der Waals surface area contributed by atoms with E-state index >= 15 is 0 Å². The molecular weight excluding hydrogens is 282 g/mol. The molecule has 0 spiro atoms. The first-order valence-corrected chi connectivity index (χ1v) is 8.60. The number of hydrogen-bond donors (Lipinski definition) is 1. The van der Waals surface area contributed by atoms with E-state index in [9.17, 15) is 5.11 Å². The van der Waals surface area contributed by atoms with Gasteiger partial charge in [0.25, 0.3) is 0 Å². The Hall–Kier alpha value is -1.64. The summed E-state index contributed by atoms with van der Waals surface area (Å²) in [5.41, 5.74) is 1.51. The zero-order valence-electron chi connectivity index (χ0n) is 14.2. The molecule has 2 aromatic carbocycles. The van der Waals surface area contributed by atoms with Crippen LogP contribution < -0.4 is 0 Å². The van der Waals surface area contributed by atoms with Crippen LogP contribution >= 0.6 is 0 Å². The molecule has 0 heterocycles. The number of nitrogens with zero attached hydrogens (tertiary/aromatic N) is 1. The second-order valence-electron chi connectivity index (χ2n) is 7.04. The summed E-state index contributed by atoms with van der Waals surface area (Å²) in [7, 11) is 4.19. The molecule has 23 heavy (non-hydrogen) atoms. The van der Waals surface area contributed by atoms with Gasteiger partial charge in [-0.15, -0.1) is 0 Å². The lowest BCUT2D eigenvalue weighted by atomic mass is 9.63. The van der Waals surface area contributed by atoms with E-state index in [1.165, 1.54) is 12.0 Å². The molecule has 0 radical (unpaired) electrons. The van der Waals surface area contributed by atoms with Crippen molar-refractivity contribution in [1.82, 2.24) is 4.90 Å². The van der Waals surface area contributed by atoms with Crippen LogP contribution in [-0.4, -0.2) is 30.6 Å². The number of rotatable bonds is 4. The van der Waals surface area contributed by atoms with E-state index in [0.717, 1.165) is 24.9 Å². The monoisotopic (exact) mass is 309 g/mol. The van der Waals surface area contributed by atoms with Gasteiger partial charge in [-0.1, -0.05) is 67.1 Å². The fourth-order valence-corrected chi connectivity index (χ4v) is 4.21. The maximum atomic E-state index is 11.9. The lowest BCUT2D eigenvalue weighted by Crippen LogP contribution is -2.47. The van der Waals surface area contributed by atoms with Gasteiger partial charge in [0, 0.05) is 18.4 Å². The van der Waals surface area contributed by atoms with Crippen molar-refractivity contribution in [2.75, 3.05) is 20.6 Å². The van der Waals surface area contributed by atoms with Crippen LogP contribution in [0, 0.1) is 5.92 Å². The second-order valence-corrected chi connectivity index (χ2v) is 7.04. The van der Waals surface area contributed by atoms with E-state index in [-0.39, 0.29) is 11.8 Å². The van der Waals surface area contributed by atoms with Crippen LogP contribution in [0.1, 0.15) is 36.3 Å². The van der Waals surface area contributed by atoms with Crippen molar-refractivity contribution in [2.24, 2.45) is 5.92 Å². The third-order valence-electron chi connectivity index (χ3n) is 5.22. The first-order chi connectivity index (χ1) is 11.1. The summed E-state index contributed by atoms with van der Waals surface area (Å²) in [5, 5.41) is 11.9. The SMILES string of the molecule is CN(C)CC1CCCC(c2ccccc2)C1(O)c1ccccc1. The summed E-state index contributed by atoms with van der Waals surface area (Å²) in [5.74, 6) is 0.406. The minimum absolute atomic E-state index is 0.157. The van der Waals surface area contributed by atoms with Crippen LogP contribution in [0.15, 0.2) is 60.7 Å². The zero-order valence-corrected chi connectivity index (χ0v) is 14.2. The van der Waals surface area contributed by atoms with Gasteiger partial charge >= 0.3 is 0 Å². The molecule has 1 saturated carbocycles. The Labute approximate surface area is 139 Å². The lowest BCUT2D eigenvalue weighted by molar-refractivity contribution is -0.0803. The van der Waals surface area contributed by atoms with Gasteiger partial charge in [-0.25, -0.2) is 0 Å². The third-order valence-corrected chi connectivity index (χ3v) is 5.22. The van der Waals surface area contributed by atoms with Gasteiger partial charge in [0.05, 0.1) is 0 Å². The molecule has 2 nitrogen and oxygen atoms in total. The van der Waals surface area contributed by atoms with Gasteiger partial charge < -0.3 is 10.0 Å². The quantitative estimate of drug-likeness (QED) is 0.922. The van der Waals surface area contributed by atoms with Crippen LogP contribution in [0.3, 0.4) is 0 Å². The summed E-state index contributed by atoms with van der Waals surface area (Å²) < 4.78 is 0. The molecule has 2 aromatic rings. The molecule has 0 aromatic heterocycles. The molecule has 3 rings (SSSR count). The highest BCUT2D eigenvalue weighted by Crippen LogP contribution is 2.50. The predicted molar refractivity (Wildman–Crippen MR) is 95.4 cm³/mol. The fraction of sp³-hybridized carbons (Fsp3) is 0.429. The topological polar surface area (TPSA) is 23.5 Å². The molecule has 3 atom stereocenters. The van der Waals surface area contributed by atoms with Crippen molar-refractivity contribution in [3.8, 4) is 0 Å². The van der Waals surface area contributed by atoms with Gasteiger partial charge in [-0.05, 0) is 38.1 Å². The van der Waals surface area contributed by atoms with Crippen molar-refractivity contribution < 1.29 is 5.11 Å². The second kappa shape index (κ2) is 6.86. The van der Waals surface area contributed by atoms with Crippen LogP contribution in [0.25, 0.3) is 0 Å². The minimum atomic E-state index is -0.800. The molecule has 0 bridgehead atoms. The van der Waals surface area contributed by atoms with Gasteiger partial charge in [0.1, 0.15) is 5.60 Å². The van der Waals surface area contributed by atoms with Crippen molar-refractivity contribution in [3.05, 3.63) is 71.8 Å². The van der Waals surface area contributed by atoms with E-state index < -0.39 is 5.60 Å². The Bertz CT molecular complexity index is 610. The molecule has 2 heteroatoms. The highest BCUT2D eigenvalue weighted by atomic mass is 16.3. The van der Waals surface area contributed by atoms with E-state index in [1.807, 2.05) is 24.3 Å². The summed E-state index contributed by atoms with van der Waals surface area (Å²) >= 11 is 0. The highest BCUT2D eigenvalue weighted by Gasteiger charge is 2.47. The molecule has 1 aliphatic carbocycles. The first-order valence-electron chi connectivity index (χ1n) is 8.60. The zero-order chi connectivity index (χ0) is 16.3. The average molecular weight is 309 g/mol. The van der Waals surface area contributed by atoms with E-state index in [4.69, 9.17) is 0 Å². The Morgan fingerprint density at radius 2 is 1.57 bits per heavy atom. The van der Waals surface area contributed by atoms with Gasteiger partial charge in [-0.2, -0.15) is 0 Å². The highest BCUT2D eigenvalue weighted by molar-refractivity contribution is 5.33. The molecule has 1 N–H and O–H groups in total. The van der Waals surface area contributed by atoms with Crippen molar-refractivity contribution in [2.45, 2.75) is 30.8 Å². The molecule has 0 aliphatic heterocycles. The molecule has 0 amide bonds. The van der Waals surface area contributed by atoms with Crippen molar-refractivity contribution >= 4 is 0 Å². The predicted octanol–water partition coefficient (Wildman–Crippen LogP) is 4.02. The largest absolute Gasteiger partial charge is 0.384 e. The average Bonchev–Trinajstić information content (AvgIpc) is 2.58. The molecule has 3 unspecified atom stereocenters. The van der Waals surface area contributed by atoms with Gasteiger partial charge in [0.15, 0.2) is 0 Å². The number of aliphatic hydroxyl groups is 1. The smallest absolute Gasteiger partial charge is 0.100 e. The Morgan fingerprint density at radius 3 is 2.17 bits per heavy atom. The van der Waals surface area contributed by atoms with Crippen molar-refractivity contribution in [1.29, 1.82) is 0 Å². The Balaban J connectivity index is 2.06. The lowest BCUT2D eigenvalue weighted by Gasteiger charge is -2.47. The summed E-state index contributed by atoms with van der Waals surface area (Å²) in [6.45, 7) is 0.911. The summed E-state index contributed by atoms with van der Waals surface area (Å²) in [6.07, 6.45) is 3.29. The Kier molecular flexibility index (Phi) is 4.84. The number of hydrogen-bond acceptors (Lipinski definition) is 2. The molecule has 1 aliphatic rings. The molecular formula is C21H27NO. The van der Waals surface area contributed by atoms with Crippen LogP contribution in [0.5, 0.6) is 0 Å². The summed E-state index contributed by atoms with van der Waals surface area (Å²) in [4.78, 5) is 2.20. The Morgan fingerprint density at radius 1 is 0.957 bits per heavy atom. The van der Waals surface area contributed by atoms with Crippen LogP contribution in [0.2, 0.25) is 0 Å². The van der Waals surface area contributed by atoms with E-state index in [0.29, 0.717) is 0 Å². The molecule has 0 saturated heterocycles. The van der Waals surface area contributed by atoms with Crippen molar-refractivity contribution in [3.63, 3.8) is 0 Å².